The Morgan fingerprint density at radius 2 is 1.62 bits per heavy atom. The topological polar surface area (TPSA) is 55.8 Å². The van der Waals surface area contributed by atoms with Crippen LogP contribution in [0.2, 0.25) is 0 Å². The Balaban J connectivity index is 1.37. The molecule has 1 aliphatic rings. The number of hydrogen-bond donors (Lipinski definition) is 0. The first-order chi connectivity index (χ1) is 17.9. The van der Waals surface area contributed by atoms with Crippen molar-refractivity contribution in [2.45, 2.75) is 13.2 Å². The highest BCUT2D eigenvalue weighted by atomic mass is 79.9. The highest BCUT2D eigenvalue weighted by Gasteiger charge is 2.35. The van der Waals surface area contributed by atoms with Gasteiger partial charge in [0.1, 0.15) is 6.61 Å². The number of carbonyl (C=O) groups excluding carboxylic acids is 2. The summed E-state index contributed by atoms with van der Waals surface area (Å²) < 4.78 is 13.3. The quantitative estimate of drug-likeness (QED) is 0.191. The van der Waals surface area contributed by atoms with Crippen molar-refractivity contribution in [3.63, 3.8) is 0 Å². The van der Waals surface area contributed by atoms with Crippen LogP contribution >= 0.6 is 43.6 Å². The Morgan fingerprint density at radius 1 is 0.892 bits per heavy atom. The minimum absolute atomic E-state index is 0.206. The molecule has 0 aromatic heterocycles. The van der Waals surface area contributed by atoms with Crippen LogP contribution in [0.15, 0.2) is 92.7 Å². The summed E-state index contributed by atoms with van der Waals surface area (Å²) in [6.07, 6.45) is 1.70. The number of ether oxygens (including phenoxy) is 2. The number of amides is 2. The van der Waals surface area contributed by atoms with Crippen LogP contribution in [-0.2, 0) is 17.9 Å². The Bertz CT molecular complexity index is 1550. The van der Waals surface area contributed by atoms with Crippen LogP contribution in [-0.4, -0.2) is 23.2 Å². The van der Waals surface area contributed by atoms with Crippen LogP contribution in [0.4, 0.5) is 4.79 Å². The number of thioether (sulfide) groups is 1. The van der Waals surface area contributed by atoms with Crippen molar-refractivity contribution in [1.29, 1.82) is 0 Å². The third-order valence-corrected chi connectivity index (χ3v) is 8.23. The molecular formula is C29H21Br2NO4S. The van der Waals surface area contributed by atoms with E-state index in [9.17, 15) is 9.59 Å². The van der Waals surface area contributed by atoms with Crippen molar-refractivity contribution >= 4 is 71.6 Å². The van der Waals surface area contributed by atoms with E-state index >= 15 is 0 Å². The lowest BCUT2D eigenvalue weighted by atomic mass is 10.1. The molecule has 5 nitrogen and oxygen atoms in total. The fraction of sp³-hybridized carbons (Fsp3) is 0.103. The summed E-state index contributed by atoms with van der Waals surface area (Å²) in [5, 5.41) is 1.99. The van der Waals surface area contributed by atoms with E-state index in [4.69, 9.17) is 9.47 Å². The Morgan fingerprint density at radius 3 is 2.43 bits per heavy atom. The minimum atomic E-state index is -0.322. The molecule has 8 heteroatoms. The van der Waals surface area contributed by atoms with Crippen molar-refractivity contribution in [2.75, 3.05) is 7.11 Å². The first kappa shape index (κ1) is 25.6. The molecule has 0 saturated carbocycles. The minimum Gasteiger partial charge on any atom is -0.493 e. The van der Waals surface area contributed by atoms with Gasteiger partial charge in [-0.2, -0.15) is 0 Å². The molecule has 0 N–H and O–H groups in total. The number of benzene rings is 4. The van der Waals surface area contributed by atoms with Crippen molar-refractivity contribution in [1.82, 2.24) is 4.90 Å². The van der Waals surface area contributed by atoms with Crippen LogP contribution in [0.1, 0.15) is 16.7 Å². The van der Waals surface area contributed by atoms with E-state index in [0.717, 1.165) is 38.1 Å². The maximum Gasteiger partial charge on any atom is 0.293 e. The Kier molecular flexibility index (Phi) is 7.69. The number of nitrogens with zero attached hydrogens (tertiary/aromatic N) is 1. The SMILES string of the molecule is COc1cc(/C=C2\SC(=O)N(Cc3ccccc3Br)C2=O)cc(Br)c1OCc1cccc2ccccc12. The van der Waals surface area contributed by atoms with Gasteiger partial charge >= 0.3 is 0 Å². The van der Waals surface area contributed by atoms with E-state index in [2.05, 4.69) is 50.1 Å². The largest absolute Gasteiger partial charge is 0.493 e. The summed E-state index contributed by atoms with van der Waals surface area (Å²) in [4.78, 5) is 27.3. The predicted molar refractivity (Wildman–Crippen MR) is 155 cm³/mol. The summed E-state index contributed by atoms with van der Waals surface area (Å²) in [5.74, 6) is 0.764. The number of fused-ring (bicyclic) bond motifs is 1. The van der Waals surface area contributed by atoms with Gasteiger partial charge in [-0.15, -0.1) is 0 Å². The normalized spacial score (nSPS) is 14.6. The first-order valence-corrected chi connectivity index (χ1v) is 13.8. The molecule has 0 bridgehead atoms. The monoisotopic (exact) mass is 637 g/mol. The summed E-state index contributed by atoms with van der Waals surface area (Å²) in [5.41, 5.74) is 2.64. The predicted octanol–water partition coefficient (Wildman–Crippen LogP) is 8.19. The highest BCUT2D eigenvalue weighted by molar-refractivity contribution is 9.10. The fourth-order valence-electron chi connectivity index (χ4n) is 4.12. The molecule has 186 valence electrons. The van der Waals surface area contributed by atoms with Gasteiger partial charge in [0.25, 0.3) is 11.1 Å². The standard InChI is InChI=1S/C29H21Br2NO4S/c1-35-25-14-18(15-26-28(33)32(29(34)37-26)16-20-8-3-5-12-23(20)30)13-24(31)27(25)36-17-21-10-6-9-19-7-2-4-11-22(19)21/h2-15H,16-17H2,1H3/b26-15-. The molecule has 5 rings (SSSR count). The van der Waals surface area contributed by atoms with Gasteiger partial charge in [0.2, 0.25) is 0 Å². The van der Waals surface area contributed by atoms with E-state index in [1.54, 1.807) is 19.3 Å². The van der Waals surface area contributed by atoms with Crippen molar-refractivity contribution in [3.05, 3.63) is 109 Å². The zero-order valence-corrected chi connectivity index (χ0v) is 23.7. The van der Waals surface area contributed by atoms with Gasteiger partial charge < -0.3 is 9.47 Å². The summed E-state index contributed by atoms with van der Waals surface area (Å²) >= 11 is 8.00. The van der Waals surface area contributed by atoms with Crippen molar-refractivity contribution in [3.8, 4) is 11.5 Å². The third-order valence-electron chi connectivity index (χ3n) is 5.96. The van der Waals surface area contributed by atoms with Crippen molar-refractivity contribution in [2.24, 2.45) is 0 Å². The van der Waals surface area contributed by atoms with Gasteiger partial charge in [0, 0.05) is 4.47 Å². The van der Waals surface area contributed by atoms with Crippen LogP contribution in [0.25, 0.3) is 16.8 Å². The number of hydrogen-bond acceptors (Lipinski definition) is 5. The van der Waals surface area contributed by atoms with Gasteiger partial charge in [-0.05, 0) is 79.4 Å². The molecule has 0 aliphatic carbocycles. The van der Waals surface area contributed by atoms with Crippen molar-refractivity contribution < 1.29 is 19.1 Å². The van der Waals surface area contributed by atoms with Gasteiger partial charge in [0.05, 0.1) is 23.0 Å². The molecule has 1 saturated heterocycles. The number of rotatable bonds is 7. The molecule has 1 aliphatic heterocycles. The van der Waals surface area contributed by atoms with Crippen LogP contribution in [0.3, 0.4) is 0 Å². The molecule has 0 atom stereocenters. The molecule has 2 amide bonds. The summed E-state index contributed by atoms with van der Waals surface area (Å²) in [7, 11) is 1.57. The van der Waals surface area contributed by atoms with E-state index in [0.29, 0.717) is 33.0 Å². The molecular weight excluding hydrogens is 618 g/mol. The second-order valence-electron chi connectivity index (χ2n) is 8.32. The molecule has 1 fully saturated rings. The number of carbonyl (C=O) groups is 2. The molecule has 1 heterocycles. The second kappa shape index (κ2) is 11.1. The first-order valence-electron chi connectivity index (χ1n) is 11.4. The lowest BCUT2D eigenvalue weighted by molar-refractivity contribution is -0.123. The molecule has 0 spiro atoms. The van der Waals surface area contributed by atoms with Gasteiger partial charge in [0.15, 0.2) is 11.5 Å². The zero-order chi connectivity index (χ0) is 25.9. The third kappa shape index (κ3) is 5.46. The second-order valence-corrected chi connectivity index (χ2v) is 11.0. The Hall–Kier alpha value is -3.07. The molecule has 37 heavy (non-hydrogen) atoms. The highest BCUT2D eigenvalue weighted by Crippen LogP contribution is 2.40. The number of imide groups is 1. The number of methoxy groups -OCH3 is 1. The van der Waals surface area contributed by atoms with Crippen LogP contribution < -0.4 is 9.47 Å². The summed E-state index contributed by atoms with van der Waals surface area (Å²) in [6.45, 7) is 0.570. The van der Waals surface area contributed by atoms with Gasteiger partial charge in [-0.1, -0.05) is 76.6 Å². The fourth-order valence-corrected chi connectivity index (χ4v) is 5.94. The summed E-state index contributed by atoms with van der Waals surface area (Å²) in [6, 6.07) is 25.5. The van der Waals surface area contributed by atoms with E-state index in [1.807, 2.05) is 54.6 Å². The van der Waals surface area contributed by atoms with E-state index < -0.39 is 0 Å². The molecule has 0 radical (unpaired) electrons. The average Bonchev–Trinajstić information content (AvgIpc) is 3.16. The maximum absolute atomic E-state index is 13.0. The smallest absolute Gasteiger partial charge is 0.293 e. The van der Waals surface area contributed by atoms with Crippen LogP contribution in [0, 0.1) is 0 Å². The van der Waals surface area contributed by atoms with E-state index in [-0.39, 0.29) is 17.7 Å². The molecule has 4 aromatic carbocycles. The van der Waals surface area contributed by atoms with Gasteiger partial charge in [-0.3, -0.25) is 14.5 Å². The molecule has 4 aromatic rings. The average molecular weight is 639 g/mol. The van der Waals surface area contributed by atoms with E-state index in [1.165, 1.54) is 4.90 Å². The maximum atomic E-state index is 13.0. The zero-order valence-electron chi connectivity index (χ0n) is 19.7. The lowest BCUT2D eigenvalue weighted by Crippen LogP contribution is -2.27. The van der Waals surface area contributed by atoms with Gasteiger partial charge in [-0.25, -0.2) is 0 Å². The number of halogens is 2. The lowest BCUT2D eigenvalue weighted by Gasteiger charge is -2.15. The Labute approximate surface area is 235 Å². The molecule has 0 unspecified atom stereocenters. The van der Waals surface area contributed by atoms with Crippen LogP contribution in [0.5, 0.6) is 11.5 Å².